The van der Waals surface area contributed by atoms with Gasteiger partial charge in [0.1, 0.15) is 0 Å². The van der Waals surface area contributed by atoms with Crippen molar-refractivity contribution in [3.05, 3.63) is 71.8 Å². The Hall–Kier alpha value is -2.09. The third-order valence-electron chi connectivity index (χ3n) is 5.08. The lowest BCUT2D eigenvalue weighted by Crippen LogP contribution is -2.34. The monoisotopic (exact) mass is 321 g/mol. The van der Waals surface area contributed by atoms with E-state index in [1.54, 1.807) is 0 Å². The summed E-state index contributed by atoms with van der Waals surface area (Å²) >= 11 is 0. The van der Waals surface area contributed by atoms with Gasteiger partial charge in [-0.3, -0.25) is 4.79 Å². The van der Waals surface area contributed by atoms with Crippen molar-refractivity contribution in [1.29, 1.82) is 0 Å². The Morgan fingerprint density at radius 3 is 2.17 bits per heavy atom. The first-order chi connectivity index (χ1) is 11.8. The second-order valence-electron chi connectivity index (χ2n) is 6.84. The lowest BCUT2D eigenvalue weighted by atomic mass is 9.90. The third kappa shape index (κ3) is 3.87. The maximum Gasteiger partial charge on any atom is 0.234 e. The minimum absolute atomic E-state index is 0.183. The average Bonchev–Trinajstić information content (AvgIpc) is 3.11. The number of likely N-dealkylation sites (tertiary alicyclic amines) is 1. The van der Waals surface area contributed by atoms with Gasteiger partial charge in [0.15, 0.2) is 0 Å². The third-order valence-corrected chi connectivity index (χ3v) is 5.08. The van der Waals surface area contributed by atoms with Gasteiger partial charge in [0.25, 0.3) is 0 Å². The van der Waals surface area contributed by atoms with E-state index < -0.39 is 0 Å². The number of nitrogens with zero attached hydrogens (tertiary/aromatic N) is 1. The summed E-state index contributed by atoms with van der Waals surface area (Å²) in [4.78, 5) is 15.4. The van der Waals surface area contributed by atoms with E-state index >= 15 is 0 Å². The Bertz CT molecular complexity index is 598. The lowest BCUT2D eigenvalue weighted by molar-refractivity contribution is -0.130. The van der Waals surface area contributed by atoms with Crippen LogP contribution in [0.3, 0.4) is 0 Å². The van der Waals surface area contributed by atoms with Crippen molar-refractivity contribution >= 4 is 5.91 Å². The van der Waals surface area contributed by atoms with Crippen LogP contribution in [0.5, 0.6) is 0 Å². The van der Waals surface area contributed by atoms with E-state index in [0.29, 0.717) is 5.92 Å². The topological polar surface area (TPSA) is 20.3 Å². The van der Waals surface area contributed by atoms with Crippen LogP contribution >= 0.6 is 0 Å². The van der Waals surface area contributed by atoms with E-state index in [1.807, 2.05) is 36.4 Å². The molecule has 1 saturated heterocycles. The van der Waals surface area contributed by atoms with E-state index in [1.165, 1.54) is 19.3 Å². The SMILES string of the molecule is CCCCC1CCN(C(=O)C(c2ccccc2)c2ccccc2)C1. The molecule has 0 N–H and O–H groups in total. The summed E-state index contributed by atoms with van der Waals surface area (Å²) in [6.45, 7) is 4.07. The van der Waals surface area contributed by atoms with E-state index in [0.717, 1.165) is 30.6 Å². The molecule has 2 heteroatoms. The number of hydrogen-bond donors (Lipinski definition) is 0. The summed E-state index contributed by atoms with van der Waals surface area (Å²) in [5, 5.41) is 0. The molecule has 126 valence electrons. The summed E-state index contributed by atoms with van der Waals surface area (Å²) in [7, 11) is 0. The number of rotatable bonds is 6. The predicted octanol–water partition coefficient (Wildman–Crippen LogP) is 4.86. The molecule has 2 nitrogen and oxygen atoms in total. The number of carbonyl (C=O) groups is 1. The van der Waals surface area contributed by atoms with Gasteiger partial charge in [-0.2, -0.15) is 0 Å². The van der Waals surface area contributed by atoms with E-state index in [-0.39, 0.29) is 11.8 Å². The van der Waals surface area contributed by atoms with Crippen molar-refractivity contribution in [1.82, 2.24) is 4.90 Å². The first kappa shape index (κ1) is 16.8. The molecule has 2 aromatic rings. The molecule has 0 bridgehead atoms. The maximum absolute atomic E-state index is 13.3. The first-order valence-electron chi connectivity index (χ1n) is 9.18. The maximum atomic E-state index is 13.3. The minimum atomic E-state index is -0.183. The predicted molar refractivity (Wildman–Crippen MR) is 98.9 cm³/mol. The molecular weight excluding hydrogens is 294 g/mol. The molecule has 1 aliphatic heterocycles. The summed E-state index contributed by atoms with van der Waals surface area (Å²) in [5.74, 6) is 0.754. The zero-order valence-electron chi connectivity index (χ0n) is 14.5. The molecule has 2 aromatic carbocycles. The second kappa shape index (κ2) is 8.14. The van der Waals surface area contributed by atoms with Crippen LogP contribution in [0.4, 0.5) is 0 Å². The van der Waals surface area contributed by atoms with Gasteiger partial charge in [-0.15, -0.1) is 0 Å². The summed E-state index contributed by atoms with van der Waals surface area (Å²) in [5.41, 5.74) is 2.18. The molecule has 1 heterocycles. The Morgan fingerprint density at radius 2 is 1.62 bits per heavy atom. The lowest BCUT2D eigenvalue weighted by Gasteiger charge is -2.24. The quantitative estimate of drug-likeness (QED) is 0.744. The summed E-state index contributed by atoms with van der Waals surface area (Å²) < 4.78 is 0. The molecule has 1 amide bonds. The van der Waals surface area contributed by atoms with E-state index in [4.69, 9.17) is 0 Å². The summed E-state index contributed by atoms with van der Waals surface area (Å²) in [6.07, 6.45) is 4.91. The van der Waals surface area contributed by atoms with Gasteiger partial charge < -0.3 is 4.90 Å². The highest BCUT2D eigenvalue weighted by molar-refractivity contribution is 5.87. The van der Waals surface area contributed by atoms with Crippen LogP contribution in [0.2, 0.25) is 0 Å². The van der Waals surface area contributed by atoms with E-state index in [9.17, 15) is 4.79 Å². The molecule has 0 aliphatic carbocycles. The Kier molecular flexibility index (Phi) is 5.68. The van der Waals surface area contributed by atoms with Crippen LogP contribution in [0.25, 0.3) is 0 Å². The van der Waals surface area contributed by atoms with Crippen molar-refractivity contribution < 1.29 is 4.79 Å². The zero-order valence-corrected chi connectivity index (χ0v) is 14.5. The van der Waals surface area contributed by atoms with Gasteiger partial charge in [-0.1, -0.05) is 80.4 Å². The van der Waals surface area contributed by atoms with Gasteiger partial charge in [-0.05, 0) is 29.9 Å². The fourth-order valence-electron chi connectivity index (χ4n) is 3.71. The van der Waals surface area contributed by atoms with Crippen molar-refractivity contribution in [3.63, 3.8) is 0 Å². The second-order valence-corrected chi connectivity index (χ2v) is 6.84. The molecule has 3 rings (SSSR count). The van der Waals surface area contributed by atoms with Crippen molar-refractivity contribution in [2.45, 2.75) is 38.5 Å². The number of benzene rings is 2. The van der Waals surface area contributed by atoms with Gasteiger partial charge in [-0.25, -0.2) is 0 Å². The number of unbranched alkanes of at least 4 members (excludes halogenated alkanes) is 1. The molecule has 1 aliphatic rings. The van der Waals surface area contributed by atoms with Crippen molar-refractivity contribution in [2.24, 2.45) is 5.92 Å². The molecular formula is C22H27NO. The highest BCUT2D eigenvalue weighted by Gasteiger charge is 2.32. The van der Waals surface area contributed by atoms with Crippen LogP contribution in [-0.2, 0) is 4.79 Å². The molecule has 0 radical (unpaired) electrons. The number of hydrogen-bond acceptors (Lipinski definition) is 1. The largest absolute Gasteiger partial charge is 0.342 e. The molecule has 24 heavy (non-hydrogen) atoms. The molecule has 0 aromatic heterocycles. The highest BCUT2D eigenvalue weighted by Crippen LogP contribution is 2.30. The van der Waals surface area contributed by atoms with Gasteiger partial charge in [0, 0.05) is 13.1 Å². The average molecular weight is 321 g/mol. The molecule has 1 atom stereocenters. The highest BCUT2D eigenvalue weighted by atomic mass is 16.2. The minimum Gasteiger partial charge on any atom is -0.342 e. The molecule has 0 saturated carbocycles. The van der Waals surface area contributed by atoms with Crippen LogP contribution in [-0.4, -0.2) is 23.9 Å². The standard InChI is InChI=1S/C22H27NO/c1-2-3-10-18-15-16-23(17-18)22(24)21(19-11-6-4-7-12-19)20-13-8-5-9-14-20/h4-9,11-14,18,21H,2-3,10,15-17H2,1H3. The van der Waals surface area contributed by atoms with E-state index in [2.05, 4.69) is 36.1 Å². The Balaban J connectivity index is 1.80. The van der Waals surface area contributed by atoms with Crippen molar-refractivity contribution in [2.75, 3.05) is 13.1 Å². The number of carbonyl (C=O) groups excluding carboxylic acids is 1. The molecule has 0 spiro atoms. The van der Waals surface area contributed by atoms with Crippen LogP contribution < -0.4 is 0 Å². The zero-order chi connectivity index (χ0) is 16.8. The molecule has 1 unspecified atom stereocenters. The molecule has 1 fully saturated rings. The smallest absolute Gasteiger partial charge is 0.234 e. The van der Waals surface area contributed by atoms with Gasteiger partial charge in [0.05, 0.1) is 5.92 Å². The summed E-state index contributed by atoms with van der Waals surface area (Å²) in [6, 6.07) is 20.4. The van der Waals surface area contributed by atoms with Crippen LogP contribution in [0, 0.1) is 5.92 Å². The van der Waals surface area contributed by atoms with Gasteiger partial charge in [0.2, 0.25) is 5.91 Å². The fraction of sp³-hybridized carbons (Fsp3) is 0.409. The van der Waals surface area contributed by atoms with Crippen molar-refractivity contribution in [3.8, 4) is 0 Å². The van der Waals surface area contributed by atoms with Gasteiger partial charge >= 0.3 is 0 Å². The Morgan fingerprint density at radius 1 is 1.04 bits per heavy atom. The van der Waals surface area contributed by atoms with Crippen LogP contribution in [0.15, 0.2) is 60.7 Å². The Labute approximate surface area is 145 Å². The fourth-order valence-corrected chi connectivity index (χ4v) is 3.71. The van der Waals surface area contributed by atoms with Crippen LogP contribution in [0.1, 0.15) is 49.7 Å². The normalized spacial score (nSPS) is 17.4. The first-order valence-corrected chi connectivity index (χ1v) is 9.18. The number of amides is 1.